The van der Waals surface area contributed by atoms with Gasteiger partial charge in [0.1, 0.15) is 0 Å². The first-order chi connectivity index (χ1) is 7.72. The van der Waals surface area contributed by atoms with Gasteiger partial charge in [0.05, 0.1) is 29.0 Å². The number of aromatic nitrogens is 2. The quantitative estimate of drug-likeness (QED) is 0.856. The number of fused-ring (bicyclic) bond motifs is 1. The molecule has 0 saturated heterocycles. The van der Waals surface area contributed by atoms with Crippen molar-refractivity contribution in [1.29, 1.82) is 0 Å². The van der Waals surface area contributed by atoms with Gasteiger partial charge >= 0.3 is 0 Å². The van der Waals surface area contributed by atoms with Crippen molar-refractivity contribution in [3.8, 4) is 0 Å². The molecule has 84 valence electrons. The van der Waals surface area contributed by atoms with Crippen LogP contribution in [-0.4, -0.2) is 9.97 Å². The van der Waals surface area contributed by atoms with Gasteiger partial charge in [-0.1, -0.05) is 32.4 Å². The molecule has 0 amide bonds. The molecule has 2 atom stereocenters. The third kappa shape index (κ3) is 2.04. The first-order valence-electron chi connectivity index (χ1n) is 5.69. The van der Waals surface area contributed by atoms with Crippen molar-refractivity contribution < 1.29 is 0 Å². The molecule has 2 unspecified atom stereocenters. The standard InChI is InChI=1S/C13H17N3/c1-3-9(2)13(14)12-8-15-10-6-4-5-7-11(10)16-12/h4-9,13H,3,14H2,1-2H3. The van der Waals surface area contributed by atoms with Crippen molar-refractivity contribution in [3.05, 3.63) is 36.2 Å². The summed E-state index contributed by atoms with van der Waals surface area (Å²) in [5.74, 6) is 0.426. The smallest absolute Gasteiger partial charge is 0.0890 e. The summed E-state index contributed by atoms with van der Waals surface area (Å²) >= 11 is 0. The van der Waals surface area contributed by atoms with Crippen LogP contribution in [0.25, 0.3) is 11.0 Å². The van der Waals surface area contributed by atoms with E-state index in [1.807, 2.05) is 24.3 Å². The van der Waals surface area contributed by atoms with Crippen LogP contribution in [0, 0.1) is 5.92 Å². The number of para-hydroxylation sites is 2. The maximum Gasteiger partial charge on any atom is 0.0890 e. The predicted molar refractivity (Wildman–Crippen MR) is 65.9 cm³/mol. The Balaban J connectivity index is 2.39. The molecule has 3 heteroatoms. The highest BCUT2D eigenvalue weighted by atomic mass is 14.8. The molecule has 0 aliphatic heterocycles. The third-order valence-electron chi connectivity index (χ3n) is 3.07. The number of benzene rings is 1. The average Bonchev–Trinajstić information content (AvgIpc) is 2.36. The molecule has 0 saturated carbocycles. The van der Waals surface area contributed by atoms with Gasteiger partial charge in [-0.3, -0.25) is 4.98 Å². The van der Waals surface area contributed by atoms with Crippen LogP contribution in [0.4, 0.5) is 0 Å². The molecule has 0 bridgehead atoms. The minimum Gasteiger partial charge on any atom is -0.322 e. The van der Waals surface area contributed by atoms with Crippen molar-refractivity contribution in [2.24, 2.45) is 11.7 Å². The molecular weight excluding hydrogens is 198 g/mol. The number of nitrogens with zero attached hydrogens (tertiary/aromatic N) is 2. The van der Waals surface area contributed by atoms with Crippen molar-refractivity contribution in [3.63, 3.8) is 0 Å². The van der Waals surface area contributed by atoms with Crippen molar-refractivity contribution >= 4 is 11.0 Å². The van der Waals surface area contributed by atoms with Gasteiger partial charge in [0.25, 0.3) is 0 Å². The van der Waals surface area contributed by atoms with E-state index < -0.39 is 0 Å². The summed E-state index contributed by atoms with van der Waals surface area (Å²) in [6, 6.07) is 7.83. The lowest BCUT2D eigenvalue weighted by Crippen LogP contribution is -2.20. The highest BCUT2D eigenvalue weighted by Crippen LogP contribution is 2.21. The van der Waals surface area contributed by atoms with Crippen LogP contribution < -0.4 is 5.73 Å². The van der Waals surface area contributed by atoms with E-state index in [1.54, 1.807) is 6.20 Å². The van der Waals surface area contributed by atoms with E-state index in [4.69, 9.17) is 5.73 Å². The zero-order valence-electron chi connectivity index (χ0n) is 9.72. The zero-order valence-corrected chi connectivity index (χ0v) is 9.72. The minimum atomic E-state index is -0.0258. The fourth-order valence-electron chi connectivity index (χ4n) is 1.68. The predicted octanol–water partition coefficient (Wildman–Crippen LogP) is 2.68. The van der Waals surface area contributed by atoms with E-state index in [-0.39, 0.29) is 6.04 Å². The molecule has 1 aromatic heterocycles. The summed E-state index contributed by atoms with van der Waals surface area (Å²) in [5.41, 5.74) is 8.85. The molecule has 0 fully saturated rings. The lowest BCUT2D eigenvalue weighted by Gasteiger charge is -2.17. The maximum absolute atomic E-state index is 6.14. The average molecular weight is 215 g/mol. The molecule has 2 N–H and O–H groups in total. The lowest BCUT2D eigenvalue weighted by molar-refractivity contribution is 0.448. The summed E-state index contributed by atoms with van der Waals surface area (Å²) in [6.45, 7) is 4.28. The van der Waals surface area contributed by atoms with E-state index in [9.17, 15) is 0 Å². The van der Waals surface area contributed by atoms with E-state index in [1.165, 1.54) is 0 Å². The fraction of sp³-hybridized carbons (Fsp3) is 0.385. The molecule has 2 rings (SSSR count). The van der Waals surface area contributed by atoms with E-state index in [0.717, 1.165) is 23.1 Å². The summed E-state index contributed by atoms with van der Waals surface area (Å²) in [5, 5.41) is 0. The number of rotatable bonds is 3. The lowest BCUT2D eigenvalue weighted by atomic mass is 9.97. The Morgan fingerprint density at radius 3 is 2.62 bits per heavy atom. The fourth-order valence-corrected chi connectivity index (χ4v) is 1.68. The zero-order chi connectivity index (χ0) is 11.5. The van der Waals surface area contributed by atoms with Gasteiger partial charge in [-0.2, -0.15) is 0 Å². The molecule has 2 aromatic rings. The molecule has 0 aliphatic rings. The molecule has 1 heterocycles. The Hall–Kier alpha value is -1.48. The van der Waals surface area contributed by atoms with Crippen molar-refractivity contribution in [1.82, 2.24) is 9.97 Å². The van der Waals surface area contributed by atoms with Gasteiger partial charge in [-0.05, 0) is 18.1 Å². The van der Waals surface area contributed by atoms with Crippen LogP contribution >= 0.6 is 0 Å². The highest BCUT2D eigenvalue weighted by molar-refractivity contribution is 5.73. The van der Waals surface area contributed by atoms with E-state index in [0.29, 0.717) is 5.92 Å². The van der Waals surface area contributed by atoms with E-state index >= 15 is 0 Å². The summed E-state index contributed by atoms with van der Waals surface area (Å²) in [6.07, 6.45) is 2.84. The Morgan fingerprint density at radius 2 is 1.94 bits per heavy atom. The highest BCUT2D eigenvalue weighted by Gasteiger charge is 2.15. The first-order valence-corrected chi connectivity index (χ1v) is 5.69. The Kier molecular flexibility index (Phi) is 3.15. The van der Waals surface area contributed by atoms with Gasteiger partial charge in [-0.25, -0.2) is 4.98 Å². The molecule has 16 heavy (non-hydrogen) atoms. The third-order valence-corrected chi connectivity index (χ3v) is 3.07. The molecule has 0 radical (unpaired) electrons. The largest absolute Gasteiger partial charge is 0.322 e. The van der Waals surface area contributed by atoms with Crippen LogP contribution in [0.3, 0.4) is 0 Å². The summed E-state index contributed by atoms with van der Waals surface area (Å²) < 4.78 is 0. The van der Waals surface area contributed by atoms with Crippen molar-refractivity contribution in [2.45, 2.75) is 26.3 Å². The SMILES string of the molecule is CCC(C)C(N)c1cnc2ccccc2n1. The second-order valence-corrected chi connectivity index (χ2v) is 4.19. The molecule has 1 aromatic carbocycles. The summed E-state index contributed by atoms with van der Waals surface area (Å²) in [7, 11) is 0. The van der Waals surface area contributed by atoms with Crippen LogP contribution in [0.15, 0.2) is 30.5 Å². The Bertz CT molecular complexity index is 481. The van der Waals surface area contributed by atoms with Crippen molar-refractivity contribution in [2.75, 3.05) is 0 Å². The number of nitrogens with two attached hydrogens (primary N) is 1. The molecule has 3 nitrogen and oxygen atoms in total. The van der Waals surface area contributed by atoms with Gasteiger partial charge < -0.3 is 5.73 Å². The van der Waals surface area contributed by atoms with Gasteiger partial charge in [0.15, 0.2) is 0 Å². The van der Waals surface area contributed by atoms with E-state index in [2.05, 4.69) is 23.8 Å². The second kappa shape index (κ2) is 4.58. The van der Waals surface area contributed by atoms with Crippen LogP contribution in [-0.2, 0) is 0 Å². The van der Waals surface area contributed by atoms with Crippen LogP contribution in [0.2, 0.25) is 0 Å². The molecule has 0 aliphatic carbocycles. The normalized spacial score (nSPS) is 14.9. The number of hydrogen-bond donors (Lipinski definition) is 1. The topological polar surface area (TPSA) is 51.8 Å². The van der Waals surface area contributed by atoms with Gasteiger partial charge in [-0.15, -0.1) is 0 Å². The minimum absolute atomic E-state index is 0.0258. The van der Waals surface area contributed by atoms with Gasteiger partial charge in [0, 0.05) is 0 Å². The Morgan fingerprint density at radius 1 is 1.25 bits per heavy atom. The summed E-state index contributed by atoms with van der Waals surface area (Å²) in [4.78, 5) is 8.93. The second-order valence-electron chi connectivity index (χ2n) is 4.19. The van der Waals surface area contributed by atoms with Gasteiger partial charge in [0.2, 0.25) is 0 Å². The van der Waals surface area contributed by atoms with Crippen LogP contribution in [0.5, 0.6) is 0 Å². The molecular formula is C13H17N3. The molecule has 0 spiro atoms. The maximum atomic E-state index is 6.14. The first kappa shape index (κ1) is 11.0. The van der Waals surface area contributed by atoms with Crippen LogP contribution in [0.1, 0.15) is 32.0 Å². The number of hydrogen-bond acceptors (Lipinski definition) is 3. The monoisotopic (exact) mass is 215 g/mol. The Labute approximate surface area is 95.7 Å².